The molecule has 0 spiro atoms. The number of hydrogen-bond acceptors (Lipinski definition) is 3. The number of carbonyl (C=O) groups is 1. The van der Waals surface area contributed by atoms with Crippen molar-refractivity contribution in [2.24, 2.45) is 0 Å². The third-order valence-corrected chi connectivity index (χ3v) is 3.51. The smallest absolute Gasteiger partial charge is 0.161 e. The Bertz CT molecular complexity index is 433. The summed E-state index contributed by atoms with van der Waals surface area (Å²) in [6, 6.07) is 6.18. The molecule has 1 saturated heterocycles. The van der Waals surface area contributed by atoms with Crippen molar-refractivity contribution < 1.29 is 9.53 Å². The van der Waals surface area contributed by atoms with Gasteiger partial charge in [-0.1, -0.05) is 15.9 Å². The van der Waals surface area contributed by atoms with E-state index in [0.29, 0.717) is 12.6 Å². The molecule has 1 fully saturated rings. The van der Waals surface area contributed by atoms with Gasteiger partial charge in [0.05, 0.1) is 13.2 Å². The van der Waals surface area contributed by atoms with E-state index >= 15 is 0 Å². The van der Waals surface area contributed by atoms with Gasteiger partial charge in [0, 0.05) is 28.3 Å². The molecule has 1 aromatic rings. The SMILES string of the molecule is CC(=O)c1cc(Br)ccc1N1CCOCC1C. The molecule has 0 saturated carbocycles. The lowest BCUT2D eigenvalue weighted by Gasteiger charge is -2.36. The van der Waals surface area contributed by atoms with E-state index in [9.17, 15) is 4.79 Å². The molecule has 0 aromatic heterocycles. The second-order valence-electron chi connectivity index (χ2n) is 4.33. The van der Waals surface area contributed by atoms with Crippen molar-refractivity contribution in [3.63, 3.8) is 0 Å². The third-order valence-electron chi connectivity index (χ3n) is 3.01. The number of nitrogens with zero attached hydrogens (tertiary/aromatic N) is 1. The maximum atomic E-state index is 11.7. The van der Waals surface area contributed by atoms with Crippen molar-refractivity contribution in [2.75, 3.05) is 24.7 Å². The first-order valence-electron chi connectivity index (χ1n) is 5.74. The molecule has 3 nitrogen and oxygen atoms in total. The molecule has 1 aromatic carbocycles. The van der Waals surface area contributed by atoms with Gasteiger partial charge >= 0.3 is 0 Å². The third kappa shape index (κ3) is 2.69. The lowest BCUT2D eigenvalue weighted by Crippen LogP contribution is -2.44. The number of anilines is 1. The van der Waals surface area contributed by atoms with Crippen LogP contribution >= 0.6 is 15.9 Å². The minimum atomic E-state index is 0.0972. The minimum absolute atomic E-state index is 0.0972. The number of benzene rings is 1. The zero-order chi connectivity index (χ0) is 12.4. The normalized spacial score (nSPS) is 20.4. The fraction of sp³-hybridized carbons (Fsp3) is 0.462. The molecule has 1 unspecified atom stereocenters. The molecule has 1 aliphatic rings. The van der Waals surface area contributed by atoms with E-state index < -0.39 is 0 Å². The van der Waals surface area contributed by atoms with Gasteiger partial charge in [-0.25, -0.2) is 0 Å². The van der Waals surface area contributed by atoms with E-state index in [4.69, 9.17) is 4.74 Å². The Balaban J connectivity index is 2.39. The van der Waals surface area contributed by atoms with Gasteiger partial charge in [0.25, 0.3) is 0 Å². The quantitative estimate of drug-likeness (QED) is 0.786. The van der Waals surface area contributed by atoms with E-state index in [0.717, 1.165) is 28.9 Å². The lowest BCUT2D eigenvalue weighted by atomic mass is 10.1. The van der Waals surface area contributed by atoms with Crippen molar-refractivity contribution in [2.45, 2.75) is 19.9 Å². The molecule has 4 heteroatoms. The second-order valence-corrected chi connectivity index (χ2v) is 5.25. The van der Waals surface area contributed by atoms with E-state index in [2.05, 4.69) is 27.8 Å². The average Bonchev–Trinajstić information content (AvgIpc) is 2.30. The predicted molar refractivity (Wildman–Crippen MR) is 71.8 cm³/mol. The van der Waals surface area contributed by atoms with Crippen molar-refractivity contribution >= 4 is 27.4 Å². The van der Waals surface area contributed by atoms with Gasteiger partial charge in [-0.15, -0.1) is 0 Å². The first-order valence-corrected chi connectivity index (χ1v) is 6.54. The molecular formula is C13H16BrNO2. The van der Waals surface area contributed by atoms with Crippen LogP contribution in [0.1, 0.15) is 24.2 Å². The maximum Gasteiger partial charge on any atom is 0.161 e. The fourth-order valence-electron chi connectivity index (χ4n) is 2.13. The highest BCUT2D eigenvalue weighted by Crippen LogP contribution is 2.27. The Hall–Kier alpha value is -0.870. The Kier molecular flexibility index (Phi) is 3.84. The molecule has 1 aliphatic heterocycles. The van der Waals surface area contributed by atoms with Crippen LogP contribution in [-0.2, 0) is 4.74 Å². The summed E-state index contributed by atoms with van der Waals surface area (Å²) in [6.07, 6.45) is 0. The lowest BCUT2D eigenvalue weighted by molar-refractivity contribution is 0.0974. The molecule has 92 valence electrons. The van der Waals surface area contributed by atoms with Crippen molar-refractivity contribution in [1.29, 1.82) is 0 Å². The Labute approximate surface area is 110 Å². The Morgan fingerprint density at radius 3 is 2.94 bits per heavy atom. The summed E-state index contributed by atoms with van der Waals surface area (Å²) >= 11 is 3.41. The fourth-order valence-corrected chi connectivity index (χ4v) is 2.49. The summed E-state index contributed by atoms with van der Waals surface area (Å²) in [6.45, 7) is 6.00. The number of Topliss-reactive ketones (excluding diaryl/α,β-unsaturated/α-hetero) is 1. The van der Waals surface area contributed by atoms with Gasteiger partial charge in [-0.2, -0.15) is 0 Å². The summed E-state index contributed by atoms with van der Waals surface area (Å²) in [7, 11) is 0. The van der Waals surface area contributed by atoms with Crippen molar-refractivity contribution in [3.8, 4) is 0 Å². The number of ether oxygens (including phenoxy) is 1. The standard InChI is InChI=1S/C13H16BrNO2/c1-9-8-17-6-5-15(9)13-4-3-11(14)7-12(13)10(2)16/h3-4,7,9H,5-6,8H2,1-2H3. The predicted octanol–water partition coefficient (Wildman–Crippen LogP) is 2.88. The minimum Gasteiger partial charge on any atom is -0.377 e. The largest absolute Gasteiger partial charge is 0.377 e. The van der Waals surface area contributed by atoms with Gasteiger partial charge in [0.1, 0.15) is 0 Å². The van der Waals surface area contributed by atoms with E-state index in [1.807, 2.05) is 18.2 Å². The average molecular weight is 298 g/mol. The second kappa shape index (κ2) is 5.19. The zero-order valence-corrected chi connectivity index (χ0v) is 11.7. The summed E-state index contributed by atoms with van der Waals surface area (Å²) in [5, 5.41) is 0. The van der Waals surface area contributed by atoms with Crippen LogP contribution in [0.4, 0.5) is 5.69 Å². The number of ketones is 1. The van der Waals surface area contributed by atoms with E-state index in [-0.39, 0.29) is 5.78 Å². The molecule has 2 rings (SSSR count). The zero-order valence-electron chi connectivity index (χ0n) is 10.1. The van der Waals surface area contributed by atoms with Gasteiger partial charge in [-0.3, -0.25) is 4.79 Å². The highest BCUT2D eigenvalue weighted by atomic mass is 79.9. The van der Waals surface area contributed by atoms with Gasteiger partial charge in [0.2, 0.25) is 0 Å². The highest BCUT2D eigenvalue weighted by molar-refractivity contribution is 9.10. The summed E-state index contributed by atoms with van der Waals surface area (Å²) in [4.78, 5) is 13.9. The van der Waals surface area contributed by atoms with Crippen molar-refractivity contribution in [3.05, 3.63) is 28.2 Å². The van der Waals surface area contributed by atoms with Crippen LogP contribution < -0.4 is 4.90 Å². The van der Waals surface area contributed by atoms with Gasteiger partial charge in [-0.05, 0) is 32.0 Å². The van der Waals surface area contributed by atoms with Crippen LogP contribution in [0, 0.1) is 0 Å². The molecule has 0 bridgehead atoms. The number of morpholine rings is 1. The van der Waals surface area contributed by atoms with Crippen LogP contribution in [0.5, 0.6) is 0 Å². The number of rotatable bonds is 2. The molecule has 0 aliphatic carbocycles. The van der Waals surface area contributed by atoms with E-state index in [1.54, 1.807) is 6.92 Å². The van der Waals surface area contributed by atoms with E-state index in [1.165, 1.54) is 0 Å². The molecule has 1 heterocycles. The van der Waals surface area contributed by atoms with Crippen LogP contribution in [0.2, 0.25) is 0 Å². The molecule has 17 heavy (non-hydrogen) atoms. The first kappa shape index (κ1) is 12.6. The first-order chi connectivity index (χ1) is 8.09. The Morgan fingerprint density at radius 1 is 1.53 bits per heavy atom. The molecule has 0 radical (unpaired) electrons. The van der Waals surface area contributed by atoms with Gasteiger partial charge in [0.15, 0.2) is 5.78 Å². The summed E-state index contributed by atoms with van der Waals surface area (Å²) < 4.78 is 6.36. The molecule has 1 atom stereocenters. The molecule has 0 amide bonds. The number of halogens is 1. The van der Waals surface area contributed by atoms with Gasteiger partial charge < -0.3 is 9.64 Å². The maximum absolute atomic E-state index is 11.7. The number of carbonyl (C=O) groups excluding carboxylic acids is 1. The highest BCUT2D eigenvalue weighted by Gasteiger charge is 2.22. The summed E-state index contributed by atoms with van der Waals surface area (Å²) in [5.74, 6) is 0.0972. The monoisotopic (exact) mass is 297 g/mol. The number of hydrogen-bond donors (Lipinski definition) is 0. The topological polar surface area (TPSA) is 29.5 Å². The van der Waals surface area contributed by atoms with Crippen LogP contribution in [-0.4, -0.2) is 31.6 Å². The van der Waals surface area contributed by atoms with Crippen LogP contribution in [0.3, 0.4) is 0 Å². The molecular weight excluding hydrogens is 282 g/mol. The van der Waals surface area contributed by atoms with Crippen molar-refractivity contribution in [1.82, 2.24) is 0 Å². The Morgan fingerprint density at radius 2 is 2.29 bits per heavy atom. The molecule has 0 N–H and O–H groups in total. The van der Waals surface area contributed by atoms with Crippen LogP contribution in [0.15, 0.2) is 22.7 Å². The summed E-state index contributed by atoms with van der Waals surface area (Å²) in [5.41, 5.74) is 1.78. The van der Waals surface area contributed by atoms with Crippen LogP contribution in [0.25, 0.3) is 0 Å².